The molecule has 20 heavy (non-hydrogen) atoms. The molecule has 1 aromatic rings. The Labute approximate surface area is 121 Å². The maximum absolute atomic E-state index is 12.1. The van der Waals surface area contributed by atoms with Crippen molar-refractivity contribution in [2.45, 2.75) is 44.9 Å². The molecular formula is C17H24N2O. The molecule has 1 aliphatic heterocycles. The molecule has 0 aromatic heterocycles. The fourth-order valence-corrected chi connectivity index (χ4v) is 3.43. The van der Waals surface area contributed by atoms with Crippen LogP contribution in [0.25, 0.3) is 0 Å². The van der Waals surface area contributed by atoms with Crippen molar-refractivity contribution in [3.63, 3.8) is 0 Å². The van der Waals surface area contributed by atoms with Crippen molar-refractivity contribution in [2.75, 3.05) is 18.4 Å². The minimum absolute atomic E-state index is 0.0629. The van der Waals surface area contributed by atoms with E-state index in [-0.39, 0.29) is 5.91 Å². The lowest BCUT2D eigenvalue weighted by Gasteiger charge is -2.10. The van der Waals surface area contributed by atoms with Crippen molar-refractivity contribution in [3.8, 4) is 0 Å². The molecule has 1 amide bonds. The molecule has 1 saturated carbocycles. The van der Waals surface area contributed by atoms with Crippen LogP contribution in [0.4, 0.5) is 5.69 Å². The quantitative estimate of drug-likeness (QED) is 0.807. The van der Waals surface area contributed by atoms with E-state index in [1.807, 2.05) is 12.1 Å². The van der Waals surface area contributed by atoms with Crippen LogP contribution < -0.4 is 10.6 Å². The third-order valence-corrected chi connectivity index (χ3v) is 4.63. The predicted octanol–water partition coefficient (Wildman–Crippen LogP) is 3.35. The molecule has 0 bridgehead atoms. The first-order valence-corrected chi connectivity index (χ1v) is 7.98. The van der Waals surface area contributed by atoms with Gasteiger partial charge in [0.05, 0.1) is 0 Å². The summed E-state index contributed by atoms with van der Waals surface area (Å²) in [4.78, 5) is 12.1. The second-order valence-electron chi connectivity index (χ2n) is 6.10. The standard InChI is InChI=1S/C17H24N2O/c20-17(19-10-3-6-13-4-1-2-5-13)15-8-7-14-9-11-18-16(14)12-15/h7-8,12-13,18H,1-6,9-11H2,(H,19,20). The molecule has 0 unspecified atom stereocenters. The summed E-state index contributed by atoms with van der Waals surface area (Å²) < 4.78 is 0. The molecule has 2 N–H and O–H groups in total. The molecule has 3 rings (SSSR count). The van der Waals surface area contributed by atoms with Crippen LogP contribution in [-0.4, -0.2) is 19.0 Å². The van der Waals surface area contributed by atoms with Gasteiger partial charge in [0.25, 0.3) is 5.91 Å². The van der Waals surface area contributed by atoms with E-state index in [0.717, 1.165) is 43.1 Å². The highest BCUT2D eigenvalue weighted by molar-refractivity contribution is 5.95. The SMILES string of the molecule is O=C(NCCCC1CCCC1)c1ccc2c(c1)NCC2. The summed E-state index contributed by atoms with van der Waals surface area (Å²) >= 11 is 0. The van der Waals surface area contributed by atoms with Gasteiger partial charge in [0.2, 0.25) is 0 Å². The van der Waals surface area contributed by atoms with E-state index in [2.05, 4.69) is 16.7 Å². The highest BCUT2D eigenvalue weighted by atomic mass is 16.1. The van der Waals surface area contributed by atoms with Gasteiger partial charge in [-0.3, -0.25) is 4.79 Å². The van der Waals surface area contributed by atoms with Gasteiger partial charge in [0, 0.05) is 24.3 Å². The monoisotopic (exact) mass is 272 g/mol. The summed E-state index contributed by atoms with van der Waals surface area (Å²) in [7, 11) is 0. The molecule has 1 heterocycles. The van der Waals surface area contributed by atoms with Crippen LogP contribution in [-0.2, 0) is 6.42 Å². The zero-order valence-corrected chi connectivity index (χ0v) is 12.1. The number of fused-ring (bicyclic) bond motifs is 1. The van der Waals surface area contributed by atoms with E-state index in [0.29, 0.717) is 0 Å². The third kappa shape index (κ3) is 3.14. The van der Waals surface area contributed by atoms with Crippen LogP contribution >= 0.6 is 0 Å². The molecule has 2 aliphatic rings. The number of carbonyl (C=O) groups is 1. The third-order valence-electron chi connectivity index (χ3n) is 4.63. The number of rotatable bonds is 5. The van der Waals surface area contributed by atoms with E-state index < -0.39 is 0 Å². The lowest BCUT2D eigenvalue weighted by atomic mass is 10.0. The molecule has 1 fully saturated rings. The molecular weight excluding hydrogens is 248 g/mol. The number of benzene rings is 1. The van der Waals surface area contributed by atoms with Gasteiger partial charge in [-0.05, 0) is 42.9 Å². The number of hydrogen-bond donors (Lipinski definition) is 2. The minimum Gasteiger partial charge on any atom is -0.384 e. The Balaban J connectivity index is 1.44. The largest absolute Gasteiger partial charge is 0.384 e. The number of carbonyl (C=O) groups excluding carboxylic acids is 1. The Kier molecular flexibility index (Phi) is 4.24. The second-order valence-corrected chi connectivity index (χ2v) is 6.10. The van der Waals surface area contributed by atoms with E-state index in [4.69, 9.17) is 0 Å². The molecule has 0 spiro atoms. The van der Waals surface area contributed by atoms with Crippen molar-refractivity contribution >= 4 is 11.6 Å². The molecule has 1 aliphatic carbocycles. The molecule has 1 aromatic carbocycles. The Morgan fingerprint density at radius 3 is 3.00 bits per heavy atom. The first-order chi connectivity index (χ1) is 9.83. The zero-order valence-electron chi connectivity index (χ0n) is 12.1. The zero-order chi connectivity index (χ0) is 13.8. The van der Waals surface area contributed by atoms with E-state index in [1.54, 1.807) is 0 Å². The molecule has 0 radical (unpaired) electrons. The van der Waals surface area contributed by atoms with Gasteiger partial charge >= 0.3 is 0 Å². The summed E-state index contributed by atoms with van der Waals surface area (Å²) in [5.41, 5.74) is 3.23. The van der Waals surface area contributed by atoms with Gasteiger partial charge in [0.15, 0.2) is 0 Å². The maximum Gasteiger partial charge on any atom is 0.251 e. The number of anilines is 1. The average molecular weight is 272 g/mol. The van der Waals surface area contributed by atoms with Crippen molar-refractivity contribution in [2.24, 2.45) is 5.92 Å². The van der Waals surface area contributed by atoms with Crippen LogP contribution in [0, 0.1) is 5.92 Å². The maximum atomic E-state index is 12.1. The van der Waals surface area contributed by atoms with Crippen LogP contribution in [0.5, 0.6) is 0 Å². The summed E-state index contributed by atoms with van der Waals surface area (Å²) in [6, 6.07) is 6.00. The fourth-order valence-electron chi connectivity index (χ4n) is 3.43. The number of amides is 1. The second kappa shape index (κ2) is 6.29. The molecule has 3 nitrogen and oxygen atoms in total. The number of nitrogens with one attached hydrogen (secondary N) is 2. The predicted molar refractivity (Wildman–Crippen MR) is 82.2 cm³/mol. The van der Waals surface area contributed by atoms with Gasteiger partial charge in [-0.15, -0.1) is 0 Å². The van der Waals surface area contributed by atoms with Crippen molar-refractivity contribution in [3.05, 3.63) is 29.3 Å². The Hall–Kier alpha value is -1.51. The highest BCUT2D eigenvalue weighted by Crippen LogP contribution is 2.28. The van der Waals surface area contributed by atoms with Crippen LogP contribution in [0.3, 0.4) is 0 Å². The van der Waals surface area contributed by atoms with Crippen molar-refractivity contribution < 1.29 is 4.79 Å². The Morgan fingerprint density at radius 2 is 2.15 bits per heavy atom. The summed E-state index contributed by atoms with van der Waals surface area (Å²) in [6.07, 6.45) is 9.04. The lowest BCUT2D eigenvalue weighted by molar-refractivity contribution is 0.0952. The van der Waals surface area contributed by atoms with Gasteiger partial charge in [-0.1, -0.05) is 31.7 Å². The van der Waals surface area contributed by atoms with Crippen LogP contribution in [0.15, 0.2) is 18.2 Å². The highest BCUT2D eigenvalue weighted by Gasteiger charge is 2.15. The van der Waals surface area contributed by atoms with E-state index >= 15 is 0 Å². The molecule has 0 saturated heterocycles. The van der Waals surface area contributed by atoms with Gasteiger partial charge < -0.3 is 10.6 Å². The topological polar surface area (TPSA) is 41.1 Å². The fraction of sp³-hybridized carbons (Fsp3) is 0.588. The van der Waals surface area contributed by atoms with Gasteiger partial charge in [0.1, 0.15) is 0 Å². The van der Waals surface area contributed by atoms with Crippen LogP contribution in [0.1, 0.15) is 54.4 Å². The van der Waals surface area contributed by atoms with Crippen molar-refractivity contribution in [1.82, 2.24) is 5.32 Å². The van der Waals surface area contributed by atoms with Crippen LogP contribution in [0.2, 0.25) is 0 Å². The first-order valence-electron chi connectivity index (χ1n) is 7.98. The van der Waals surface area contributed by atoms with E-state index in [1.165, 1.54) is 37.7 Å². The summed E-state index contributed by atoms with van der Waals surface area (Å²) in [5.74, 6) is 0.976. The number of hydrogen-bond acceptors (Lipinski definition) is 2. The smallest absolute Gasteiger partial charge is 0.251 e. The average Bonchev–Trinajstić information content (AvgIpc) is 3.13. The normalized spacial score (nSPS) is 17.8. The first kappa shape index (κ1) is 13.5. The van der Waals surface area contributed by atoms with Crippen molar-refractivity contribution in [1.29, 1.82) is 0 Å². The summed E-state index contributed by atoms with van der Waals surface area (Å²) in [5, 5.41) is 6.37. The lowest BCUT2D eigenvalue weighted by Crippen LogP contribution is -2.24. The molecule has 0 atom stereocenters. The summed E-state index contributed by atoms with van der Waals surface area (Å²) in [6.45, 7) is 1.79. The Morgan fingerprint density at radius 1 is 1.30 bits per heavy atom. The minimum atomic E-state index is 0.0629. The molecule has 108 valence electrons. The van der Waals surface area contributed by atoms with Gasteiger partial charge in [-0.25, -0.2) is 0 Å². The Bertz CT molecular complexity index is 478. The molecule has 3 heteroatoms. The van der Waals surface area contributed by atoms with Gasteiger partial charge in [-0.2, -0.15) is 0 Å². The van der Waals surface area contributed by atoms with E-state index in [9.17, 15) is 4.79 Å².